The van der Waals surface area contributed by atoms with Crippen molar-refractivity contribution in [1.82, 2.24) is 17.7 Å². The zero-order valence-corrected chi connectivity index (χ0v) is 34.7. The molecule has 0 saturated carbocycles. The quantitative estimate of drug-likeness (QED) is 0.294. The molecule has 60 heavy (non-hydrogen) atoms. The zero-order valence-electron chi connectivity index (χ0n) is 33.1. The van der Waals surface area contributed by atoms with Gasteiger partial charge in [-0.2, -0.15) is 8.61 Å². The van der Waals surface area contributed by atoms with E-state index in [9.17, 15) is 26.4 Å². The lowest BCUT2D eigenvalue weighted by atomic mass is 9.84. The van der Waals surface area contributed by atoms with Crippen molar-refractivity contribution < 1.29 is 45.3 Å². The lowest BCUT2D eigenvalue weighted by Gasteiger charge is -2.42. The average Bonchev–Trinajstić information content (AvgIpc) is 3.24. The van der Waals surface area contributed by atoms with Crippen LogP contribution in [0.15, 0.2) is 92.2 Å². The molecule has 0 aliphatic carbocycles. The minimum atomic E-state index is -3.91. The molecule has 0 amide bonds. The Hall–Kier alpha value is -4.72. The van der Waals surface area contributed by atoms with Crippen LogP contribution in [0.2, 0.25) is 0 Å². The fourth-order valence-electron chi connectivity index (χ4n) is 9.20. The van der Waals surface area contributed by atoms with Crippen molar-refractivity contribution in [2.75, 3.05) is 79.0 Å². The van der Waals surface area contributed by atoms with E-state index in [1.807, 2.05) is 12.1 Å². The minimum absolute atomic E-state index is 0.0219. The van der Waals surface area contributed by atoms with Crippen molar-refractivity contribution in [2.24, 2.45) is 11.8 Å². The molecule has 2 aromatic carbocycles. The Morgan fingerprint density at radius 1 is 0.450 bits per heavy atom. The maximum Gasteiger partial charge on any atom is 0.250 e. The van der Waals surface area contributed by atoms with Gasteiger partial charge < -0.3 is 37.6 Å². The van der Waals surface area contributed by atoms with Gasteiger partial charge >= 0.3 is 0 Å². The maximum absolute atomic E-state index is 14.1. The number of sulfonamides is 2. The Kier molecular flexibility index (Phi) is 11.5. The second-order valence-corrected chi connectivity index (χ2v) is 19.8. The standard InChI is InChI=1S/C42H48N4O12S2/c47-41-5-1-3-35-31-19-29(25-45(35)41)23-43(27-31)59(49,50)33-7-9-37-39(21-33)57-17-13-54-14-18-58-40-22-34(8-10-38(40)56-16-12-53-11-15-55-37)60(51,52)44-24-30-20-32(28-44)36-4-2-6-42(48)46(36)26-30/h1-10,21-22,29-32H,11-20,23-28H2/t29-,30-,31-,32+/m0/s1. The number of hydrogen-bond acceptors (Lipinski definition) is 12. The molecule has 320 valence electrons. The number of hydrogen-bond donors (Lipinski definition) is 0. The number of pyridine rings is 2. The number of ether oxygens (including phenoxy) is 6. The summed E-state index contributed by atoms with van der Waals surface area (Å²) in [5.74, 6) is 1.08. The number of rotatable bonds is 4. The second kappa shape index (κ2) is 17.0. The van der Waals surface area contributed by atoms with Crippen LogP contribution in [0, 0.1) is 11.8 Å². The maximum atomic E-state index is 14.1. The summed E-state index contributed by atoms with van der Waals surface area (Å²) >= 11 is 0. The molecule has 0 N–H and O–H groups in total. The third-order valence-corrected chi connectivity index (χ3v) is 15.6. The third-order valence-electron chi connectivity index (χ3n) is 11.9. The molecule has 9 rings (SSSR count). The van der Waals surface area contributed by atoms with Gasteiger partial charge in [0.05, 0.1) is 36.2 Å². The van der Waals surface area contributed by atoms with E-state index in [0.29, 0.717) is 37.7 Å². The van der Waals surface area contributed by atoms with Crippen LogP contribution >= 0.6 is 0 Å². The minimum Gasteiger partial charge on any atom is -0.487 e. The number of piperidine rings is 2. The SMILES string of the molecule is O=c1cccc2n1C[C@H]1C[C@@H]2CN(S(=O)(=O)c2ccc3c(c2)OCCOCCOc2cc(S(=O)(=O)N4C[C@@H]5C[C@@H](C4)c4cccc(=O)n4C5)ccc2OCCOCCO3)C1. The summed E-state index contributed by atoms with van der Waals surface area (Å²) in [7, 11) is -7.83. The molecule has 16 nitrogen and oxygen atoms in total. The normalized spacial score (nSPS) is 24.3. The average molecular weight is 865 g/mol. The molecule has 0 radical (unpaired) electrons. The molecule has 2 fully saturated rings. The fraction of sp³-hybridized carbons (Fsp3) is 0.476. The van der Waals surface area contributed by atoms with Crippen molar-refractivity contribution in [1.29, 1.82) is 0 Å². The van der Waals surface area contributed by atoms with Gasteiger partial charge in [0.1, 0.15) is 26.4 Å². The summed E-state index contributed by atoms with van der Waals surface area (Å²) in [6, 6.07) is 19.5. The first-order chi connectivity index (χ1) is 29.0. The monoisotopic (exact) mass is 864 g/mol. The molecular formula is C42H48N4O12S2. The van der Waals surface area contributed by atoms with Crippen molar-refractivity contribution >= 4 is 20.0 Å². The highest BCUT2D eigenvalue weighted by Crippen LogP contribution is 2.40. The molecule has 4 atom stereocenters. The molecule has 2 saturated heterocycles. The Bertz CT molecular complexity index is 2400. The summed E-state index contributed by atoms with van der Waals surface area (Å²) in [6.07, 6.45) is 1.65. The Morgan fingerprint density at radius 2 is 0.850 bits per heavy atom. The highest BCUT2D eigenvalue weighted by atomic mass is 32.2. The molecule has 0 unspecified atom stereocenters. The van der Waals surface area contributed by atoms with Crippen LogP contribution in [0.3, 0.4) is 0 Å². The molecule has 5 aliphatic rings. The molecule has 5 aliphatic heterocycles. The zero-order chi connectivity index (χ0) is 41.4. The number of benzene rings is 2. The van der Waals surface area contributed by atoms with Gasteiger partial charge in [0.25, 0.3) is 11.1 Å². The first-order valence-corrected chi connectivity index (χ1v) is 23.3. The van der Waals surface area contributed by atoms with Crippen LogP contribution in [-0.2, 0) is 42.6 Å². The fourth-order valence-corrected chi connectivity index (χ4v) is 12.4. The van der Waals surface area contributed by atoms with Crippen molar-refractivity contribution in [2.45, 2.75) is 47.6 Å². The number of nitrogens with zero attached hydrogens (tertiary/aromatic N) is 4. The highest BCUT2D eigenvalue weighted by Gasteiger charge is 2.41. The second-order valence-electron chi connectivity index (χ2n) is 15.9. The molecule has 2 aromatic heterocycles. The van der Waals surface area contributed by atoms with Gasteiger partial charge in [0.2, 0.25) is 20.0 Å². The van der Waals surface area contributed by atoms with Gasteiger partial charge in [0.15, 0.2) is 23.0 Å². The Labute approximate surface area is 348 Å². The van der Waals surface area contributed by atoms with Crippen LogP contribution < -0.4 is 30.1 Å². The summed E-state index contributed by atoms with van der Waals surface area (Å²) in [5, 5.41) is 0. The predicted molar refractivity (Wildman–Crippen MR) is 217 cm³/mol. The molecule has 0 spiro atoms. The van der Waals surface area contributed by atoms with Crippen LogP contribution in [0.4, 0.5) is 0 Å². The van der Waals surface area contributed by atoms with Gasteiger partial charge in [0, 0.05) is 86.8 Å². The Balaban J connectivity index is 0.853. The van der Waals surface area contributed by atoms with E-state index in [2.05, 4.69) is 0 Å². The topological polar surface area (TPSA) is 174 Å². The van der Waals surface area contributed by atoms with Gasteiger partial charge in [-0.25, -0.2) is 16.8 Å². The lowest BCUT2D eigenvalue weighted by molar-refractivity contribution is 0.0639. The Morgan fingerprint density at radius 3 is 1.27 bits per heavy atom. The van der Waals surface area contributed by atoms with Gasteiger partial charge in [-0.3, -0.25) is 9.59 Å². The van der Waals surface area contributed by atoms with E-state index < -0.39 is 20.0 Å². The largest absolute Gasteiger partial charge is 0.487 e. The van der Waals surface area contributed by atoms with Gasteiger partial charge in [-0.05, 0) is 61.1 Å². The summed E-state index contributed by atoms with van der Waals surface area (Å²) in [5.41, 5.74) is 1.60. The van der Waals surface area contributed by atoms with Crippen LogP contribution in [0.1, 0.15) is 36.1 Å². The summed E-state index contributed by atoms with van der Waals surface area (Å²) < 4.78 is 98.4. The summed E-state index contributed by atoms with van der Waals surface area (Å²) in [4.78, 5) is 25.2. The van der Waals surface area contributed by atoms with Crippen molar-refractivity contribution in [3.05, 3.63) is 105 Å². The number of fused-ring (bicyclic) bond motifs is 10. The third kappa shape index (κ3) is 8.20. The van der Waals surface area contributed by atoms with E-state index in [0.717, 1.165) is 24.2 Å². The molecular weight excluding hydrogens is 817 g/mol. The van der Waals surface area contributed by atoms with Crippen molar-refractivity contribution in [3.63, 3.8) is 0 Å². The van der Waals surface area contributed by atoms with E-state index in [1.54, 1.807) is 45.5 Å². The molecule has 4 aromatic rings. The van der Waals surface area contributed by atoms with Gasteiger partial charge in [-0.15, -0.1) is 0 Å². The van der Waals surface area contributed by atoms with E-state index in [4.69, 9.17) is 28.4 Å². The smallest absolute Gasteiger partial charge is 0.250 e. The van der Waals surface area contributed by atoms with Gasteiger partial charge in [-0.1, -0.05) is 12.1 Å². The van der Waals surface area contributed by atoms with Crippen LogP contribution in [0.5, 0.6) is 23.0 Å². The molecule has 7 heterocycles. The first kappa shape index (κ1) is 40.7. The number of aromatic nitrogens is 2. The van der Waals surface area contributed by atoms with E-state index >= 15 is 0 Å². The van der Waals surface area contributed by atoms with E-state index in [-0.39, 0.29) is 122 Å². The van der Waals surface area contributed by atoms with Crippen LogP contribution in [0.25, 0.3) is 0 Å². The lowest BCUT2D eigenvalue weighted by Crippen LogP contribution is -2.49. The van der Waals surface area contributed by atoms with Crippen LogP contribution in [-0.4, -0.2) is 114 Å². The summed E-state index contributed by atoms with van der Waals surface area (Å²) in [6.45, 7) is 3.26. The predicted octanol–water partition coefficient (Wildman–Crippen LogP) is 2.89. The van der Waals surface area contributed by atoms with E-state index in [1.165, 1.54) is 32.9 Å². The highest BCUT2D eigenvalue weighted by molar-refractivity contribution is 7.89. The molecule has 4 bridgehead atoms. The van der Waals surface area contributed by atoms with Crippen molar-refractivity contribution in [3.8, 4) is 23.0 Å². The molecule has 18 heteroatoms. The first-order valence-electron chi connectivity index (χ1n) is 20.4.